The lowest BCUT2D eigenvalue weighted by atomic mass is 9.89. The van der Waals surface area contributed by atoms with Gasteiger partial charge in [-0.1, -0.05) is 18.6 Å². The predicted octanol–water partition coefficient (Wildman–Crippen LogP) is 5.42. The summed E-state index contributed by atoms with van der Waals surface area (Å²) in [6.45, 7) is 8.07. The molecule has 1 unspecified atom stereocenters. The van der Waals surface area contributed by atoms with Crippen LogP contribution in [0.25, 0.3) is 0 Å². The number of hydrogen-bond acceptors (Lipinski definition) is 6. The SMILES string of the molecule is COC(C)(C)c1nnc2n1CCCCC2CC(=O)N1CCC(c2cc(C)n[nH]c2=O)CC1.FC1=C=C(F)/C=C\C/C=C\1. The molecule has 4 heterocycles. The number of nitrogens with one attached hydrogen (secondary N) is 1. The first-order valence-electron chi connectivity index (χ1n) is 14.6. The average Bonchev–Trinajstić information content (AvgIpc) is 3.30. The molecule has 0 saturated carbocycles. The molecule has 1 amide bonds. The summed E-state index contributed by atoms with van der Waals surface area (Å²) in [5.74, 6) is 0.810. The van der Waals surface area contributed by atoms with Crippen LogP contribution in [-0.2, 0) is 21.7 Å². The van der Waals surface area contributed by atoms with Gasteiger partial charge in [0.25, 0.3) is 5.56 Å². The van der Waals surface area contributed by atoms with Crippen LogP contribution >= 0.6 is 0 Å². The Labute approximate surface area is 245 Å². The fourth-order valence-corrected chi connectivity index (χ4v) is 5.59. The Bertz CT molecular complexity index is 1420. The summed E-state index contributed by atoms with van der Waals surface area (Å²) in [5, 5.41) is 15.5. The van der Waals surface area contributed by atoms with Gasteiger partial charge in [-0.3, -0.25) is 9.59 Å². The zero-order valence-corrected chi connectivity index (χ0v) is 24.8. The van der Waals surface area contributed by atoms with Gasteiger partial charge < -0.3 is 14.2 Å². The van der Waals surface area contributed by atoms with Crippen molar-refractivity contribution in [3.8, 4) is 0 Å². The number of methoxy groups -OCH3 is 1. The molecule has 1 aliphatic carbocycles. The van der Waals surface area contributed by atoms with E-state index in [4.69, 9.17) is 4.74 Å². The van der Waals surface area contributed by atoms with Crippen molar-refractivity contribution < 1.29 is 18.3 Å². The number of fused-ring (bicyclic) bond motifs is 1. The van der Waals surface area contributed by atoms with E-state index in [0.717, 1.165) is 61.6 Å². The van der Waals surface area contributed by atoms with E-state index < -0.39 is 17.3 Å². The van der Waals surface area contributed by atoms with Gasteiger partial charge in [0, 0.05) is 44.6 Å². The Hall–Kier alpha value is -3.69. The molecule has 2 aromatic heterocycles. The van der Waals surface area contributed by atoms with Crippen molar-refractivity contribution in [1.82, 2.24) is 29.9 Å². The molecule has 11 heteroatoms. The summed E-state index contributed by atoms with van der Waals surface area (Å²) < 4.78 is 32.4. The van der Waals surface area contributed by atoms with Crippen molar-refractivity contribution in [3.05, 3.63) is 81.0 Å². The number of hydrogen-bond donors (Lipinski definition) is 1. The van der Waals surface area contributed by atoms with E-state index >= 15 is 0 Å². The number of ether oxygens (including phenoxy) is 1. The lowest BCUT2D eigenvalue weighted by Crippen LogP contribution is -2.39. The Morgan fingerprint density at radius 3 is 2.45 bits per heavy atom. The van der Waals surface area contributed by atoms with Crippen LogP contribution in [0.2, 0.25) is 0 Å². The number of piperidine rings is 1. The quantitative estimate of drug-likeness (QED) is 0.472. The molecule has 1 fully saturated rings. The zero-order valence-electron chi connectivity index (χ0n) is 24.8. The molecule has 0 aromatic carbocycles. The number of aromatic amines is 1. The predicted molar refractivity (Wildman–Crippen MR) is 155 cm³/mol. The molecule has 1 atom stereocenters. The highest BCUT2D eigenvalue weighted by Crippen LogP contribution is 2.34. The standard InChI is InChI=1S/C23H34N6O3.C8H6F2/c1-15-13-18(21(31)26-24-15)16-8-11-28(12-9-16)19(30)14-17-7-5-6-10-29-20(17)25-27-22(29)23(2,3)32-4;9-7-4-2-1-3-5-8(10)6-7/h13,16-17H,5-12,14H2,1-4H3,(H,26,31);2-5H,1H2/b;4-2-,5-3-. The summed E-state index contributed by atoms with van der Waals surface area (Å²) in [5.41, 5.74) is 2.87. The monoisotopic (exact) mass is 582 g/mol. The highest BCUT2D eigenvalue weighted by Gasteiger charge is 2.34. The van der Waals surface area contributed by atoms with Gasteiger partial charge in [-0.15, -0.1) is 10.2 Å². The molecular formula is C31H40F2N6O3. The summed E-state index contributed by atoms with van der Waals surface area (Å²) >= 11 is 0. The number of amides is 1. The van der Waals surface area contributed by atoms with Gasteiger partial charge in [0.15, 0.2) is 17.5 Å². The molecule has 0 radical (unpaired) electrons. The second kappa shape index (κ2) is 14.0. The third-order valence-corrected chi connectivity index (χ3v) is 8.09. The molecular weight excluding hydrogens is 542 g/mol. The van der Waals surface area contributed by atoms with Crippen LogP contribution in [0.15, 0.2) is 52.5 Å². The Morgan fingerprint density at radius 1 is 1.10 bits per heavy atom. The molecule has 3 aliphatic rings. The van der Waals surface area contributed by atoms with E-state index in [-0.39, 0.29) is 23.3 Å². The maximum absolute atomic E-state index is 13.2. The first-order chi connectivity index (χ1) is 20.1. The lowest BCUT2D eigenvalue weighted by molar-refractivity contribution is -0.132. The summed E-state index contributed by atoms with van der Waals surface area (Å²) in [7, 11) is 1.68. The zero-order chi connectivity index (χ0) is 30.3. The Balaban J connectivity index is 0.000000343. The first kappa shape index (κ1) is 31.3. The van der Waals surface area contributed by atoms with Gasteiger partial charge in [-0.25, -0.2) is 5.10 Å². The Morgan fingerprint density at radius 2 is 1.79 bits per heavy atom. The number of rotatable bonds is 5. The fourth-order valence-electron chi connectivity index (χ4n) is 5.59. The minimum Gasteiger partial charge on any atom is -0.371 e. The van der Waals surface area contributed by atoms with Gasteiger partial charge in [0.2, 0.25) is 5.91 Å². The Kier molecular flexibility index (Phi) is 10.4. The topological polar surface area (TPSA) is 106 Å². The second-order valence-corrected chi connectivity index (χ2v) is 11.5. The van der Waals surface area contributed by atoms with Crippen LogP contribution in [0.4, 0.5) is 8.78 Å². The van der Waals surface area contributed by atoms with Gasteiger partial charge in [-0.2, -0.15) is 13.9 Å². The maximum atomic E-state index is 13.2. The summed E-state index contributed by atoms with van der Waals surface area (Å²) in [6, 6.07) is 1.87. The third kappa shape index (κ3) is 7.77. The average molecular weight is 583 g/mol. The van der Waals surface area contributed by atoms with Crippen molar-refractivity contribution >= 4 is 5.91 Å². The van der Waals surface area contributed by atoms with Crippen LogP contribution in [0.5, 0.6) is 0 Å². The molecule has 2 aromatic rings. The highest BCUT2D eigenvalue weighted by molar-refractivity contribution is 5.77. The largest absolute Gasteiger partial charge is 0.371 e. The summed E-state index contributed by atoms with van der Waals surface area (Å²) in [4.78, 5) is 27.3. The minimum atomic E-state index is -0.665. The number of H-pyrrole nitrogens is 1. The molecule has 0 bridgehead atoms. The van der Waals surface area contributed by atoms with Crippen molar-refractivity contribution in [1.29, 1.82) is 0 Å². The van der Waals surface area contributed by atoms with Crippen LogP contribution in [0.1, 0.15) is 93.5 Å². The van der Waals surface area contributed by atoms with Gasteiger partial charge in [0.05, 0.1) is 5.69 Å². The lowest BCUT2D eigenvalue weighted by Gasteiger charge is -2.32. The second-order valence-electron chi connectivity index (χ2n) is 11.5. The third-order valence-electron chi connectivity index (χ3n) is 8.09. The number of aromatic nitrogens is 5. The van der Waals surface area contributed by atoms with Crippen LogP contribution in [0.3, 0.4) is 0 Å². The molecule has 5 rings (SSSR count). The smallest absolute Gasteiger partial charge is 0.267 e. The fraction of sp³-hybridized carbons (Fsp3) is 0.548. The molecule has 2 aliphatic heterocycles. The maximum Gasteiger partial charge on any atom is 0.267 e. The highest BCUT2D eigenvalue weighted by atomic mass is 19.1. The van der Waals surface area contributed by atoms with E-state index in [1.165, 1.54) is 12.2 Å². The number of carbonyl (C=O) groups excluding carboxylic acids is 1. The van der Waals surface area contributed by atoms with E-state index in [0.29, 0.717) is 25.9 Å². The van der Waals surface area contributed by atoms with Gasteiger partial charge in [-0.05, 0) is 82.7 Å². The van der Waals surface area contributed by atoms with E-state index in [1.54, 1.807) is 19.3 Å². The number of carbonyl (C=O) groups is 1. The number of likely N-dealkylation sites (tertiary alicyclic amines) is 1. The van der Waals surface area contributed by atoms with Crippen molar-refractivity contribution in [2.24, 2.45) is 0 Å². The van der Waals surface area contributed by atoms with Gasteiger partial charge >= 0.3 is 0 Å². The number of halogens is 2. The van der Waals surface area contributed by atoms with Crippen LogP contribution in [0, 0.1) is 6.92 Å². The molecule has 1 N–H and O–H groups in total. The first-order valence-corrected chi connectivity index (χ1v) is 14.6. The number of nitrogens with zero attached hydrogens (tertiary/aromatic N) is 5. The van der Waals surface area contributed by atoms with Crippen LogP contribution < -0.4 is 5.56 Å². The van der Waals surface area contributed by atoms with Crippen molar-refractivity contribution in [2.45, 2.75) is 89.7 Å². The van der Waals surface area contributed by atoms with Crippen molar-refractivity contribution in [2.75, 3.05) is 20.2 Å². The van der Waals surface area contributed by atoms with E-state index in [9.17, 15) is 18.4 Å². The number of aryl methyl sites for hydroxylation is 1. The van der Waals surface area contributed by atoms with E-state index in [2.05, 4.69) is 25.0 Å². The van der Waals surface area contributed by atoms with Crippen LogP contribution in [-0.4, -0.2) is 56.0 Å². The van der Waals surface area contributed by atoms with E-state index in [1.807, 2.05) is 37.5 Å². The molecule has 226 valence electrons. The molecule has 1 saturated heterocycles. The van der Waals surface area contributed by atoms with Gasteiger partial charge in [0.1, 0.15) is 11.4 Å². The molecule has 42 heavy (non-hydrogen) atoms. The molecule has 9 nitrogen and oxygen atoms in total. The normalized spacial score (nSPS) is 21.0. The number of allylic oxidation sites excluding steroid dienone is 5. The molecule has 0 spiro atoms. The van der Waals surface area contributed by atoms with Crippen molar-refractivity contribution in [3.63, 3.8) is 0 Å². The summed E-state index contributed by atoms with van der Waals surface area (Å²) in [6.07, 6.45) is 11.3. The minimum absolute atomic E-state index is 0.0716.